The summed E-state index contributed by atoms with van der Waals surface area (Å²) in [5, 5.41) is 3.63. The van der Waals surface area contributed by atoms with Gasteiger partial charge >= 0.3 is 0 Å². The lowest BCUT2D eigenvalue weighted by Crippen LogP contribution is -2.53. The quantitative estimate of drug-likeness (QED) is 0.845. The second kappa shape index (κ2) is 7.10. The summed E-state index contributed by atoms with van der Waals surface area (Å²) in [4.78, 5) is 17.6. The molecule has 2 saturated heterocycles. The van der Waals surface area contributed by atoms with E-state index in [9.17, 15) is 4.79 Å². The zero-order valence-corrected chi connectivity index (χ0v) is 14.4. The Morgan fingerprint density at radius 1 is 1.38 bits per heavy atom. The third-order valence-corrected chi connectivity index (χ3v) is 5.42. The van der Waals surface area contributed by atoms with E-state index in [1.165, 1.54) is 0 Å². The molecule has 0 spiro atoms. The molecule has 4 nitrogen and oxygen atoms in total. The molecule has 0 aromatic rings. The molecule has 1 amide bonds. The molecule has 21 heavy (non-hydrogen) atoms. The van der Waals surface area contributed by atoms with Gasteiger partial charge in [0.15, 0.2) is 0 Å². The minimum Gasteiger partial charge on any atom is -0.322 e. The molecular weight excluding hydrogens is 262 g/mol. The number of likely N-dealkylation sites (tertiary alicyclic amines) is 1. The molecule has 122 valence electrons. The molecule has 2 aliphatic rings. The number of nitrogens with one attached hydrogen (secondary N) is 1. The summed E-state index contributed by atoms with van der Waals surface area (Å²) in [6.45, 7) is 11.1. The van der Waals surface area contributed by atoms with Crippen molar-refractivity contribution < 1.29 is 4.79 Å². The molecule has 0 aromatic carbocycles. The highest BCUT2D eigenvalue weighted by Gasteiger charge is 2.45. The van der Waals surface area contributed by atoms with Crippen molar-refractivity contribution in [3.05, 3.63) is 0 Å². The van der Waals surface area contributed by atoms with Crippen molar-refractivity contribution in [1.29, 1.82) is 0 Å². The molecule has 0 aromatic heterocycles. The normalized spacial score (nSPS) is 36.2. The fraction of sp³-hybridized carbons (Fsp3) is 0.941. The van der Waals surface area contributed by atoms with Gasteiger partial charge in [-0.3, -0.25) is 10.1 Å². The predicted octanol–water partition coefficient (Wildman–Crippen LogP) is 2.30. The number of nitrogens with zero attached hydrogens (tertiary/aromatic N) is 2. The Balaban J connectivity index is 2.16. The number of hydrogen-bond donors (Lipinski definition) is 1. The topological polar surface area (TPSA) is 35.6 Å². The number of carbonyl (C=O) groups excluding carboxylic acids is 1. The fourth-order valence-corrected chi connectivity index (χ4v) is 3.96. The summed E-state index contributed by atoms with van der Waals surface area (Å²) in [6, 6.07) is 0.435. The number of hydrogen-bond acceptors (Lipinski definition) is 3. The van der Waals surface area contributed by atoms with E-state index >= 15 is 0 Å². The first-order chi connectivity index (χ1) is 9.99. The minimum absolute atomic E-state index is 0.0263. The van der Waals surface area contributed by atoms with Gasteiger partial charge in [0.05, 0.1) is 12.2 Å². The standard InChI is InChI=1S/C17H33N3O/c1-6-8-15-18-16(12(3)7-2)17(21)20(15)14-9-10-19(5)11-13(14)4/h12-16,18H,6-11H2,1-5H3. The summed E-state index contributed by atoms with van der Waals surface area (Å²) < 4.78 is 0. The van der Waals surface area contributed by atoms with Crippen molar-refractivity contribution in [2.45, 2.75) is 71.6 Å². The summed E-state index contributed by atoms with van der Waals surface area (Å²) >= 11 is 0. The predicted molar refractivity (Wildman–Crippen MR) is 87.0 cm³/mol. The highest BCUT2D eigenvalue weighted by atomic mass is 16.2. The SMILES string of the molecule is CCCC1NC(C(C)CC)C(=O)N1C1CCN(C)CC1C. The van der Waals surface area contributed by atoms with Gasteiger partial charge in [0.1, 0.15) is 0 Å². The van der Waals surface area contributed by atoms with Gasteiger partial charge in [-0.1, -0.05) is 40.5 Å². The zero-order valence-electron chi connectivity index (χ0n) is 14.4. The maximum atomic E-state index is 13.0. The van der Waals surface area contributed by atoms with Crippen molar-refractivity contribution in [3.63, 3.8) is 0 Å². The Labute approximate surface area is 130 Å². The maximum absolute atomic E-state index is 13.0. The molecule has 2 aliphatic heterocycles. The van der Waals surface area contributed by atoms with Crippen LogP contribution in [-0.2, 0) is 4.79 Å². The van der Waals surface area contributed by atoms with E-state index in [4.69, 9.17) is 0 Å². The van der Waals surface area contributed by atoms with Crippen LogP contribution in [0.2, 0.25) is 0 Å². The molecule has 0 radical (unpaired) electrons. The molecule has 2 fully saturated rings. The molecule has 0 saturated carbocycles. The summed E-state index contributed by atoms with van der Waals surface area (Å²) in [7, 11) is 2.18. The van der Waals surface area contributed by atoms with Crippen LogP contribution in [0.25, 0.3) is 0 Å². The molecule has 1 N–H and O–H groups in total. The Morgan fingerprint density at radius 2 is 2.10 bits per heavy atom. The highest BCUT2D eigenvalue weighted by Crippen LogP contribution is 2.30. The van der Waals surface area contributed by atoms with Gasteiger partial charge in [0, 0.05) is 12.6 Å². The number of carbonyl (C=O) groups is 1. The summed E-state index contributed by atoms with van der Waals surface area (Å²) in [6.07, 6.45) is 4.60. The van der Waals surface area contributed by atoms with E-state index < -0.39 is 0 Å². The zero-order chi connectivity index (χ0) is 15.6. The molecule has 4 heteroatoms. The lowest BCUT2D eigenvalue weighted by atomic mass is 9.91. The van der Waals surface area contributed by atoms with Crippen molar-refractivity contribution >= 4 is 5.91 Å². The van der Waals surface area contributed by atoms with E-state index in [1.807, 2.05) is 0 Å². The van der Waals surface area contributed by atoms with E-state index in [2.05, 4.69) is 49.9 Å². The van der Waals surface area contributed by atoms with E-state index in [-0.39, 0.29) is 12.2 Å². The molecule has 2 heterocycles. The Morgan fingerprint density at radius 3 is 2.67 bits per heavy atom. The summed E-state index contributed by atoms with van der Waals surface area (Å²) in [5.74, 6) is 1.33. The Bertz CT molecular complexity index is 360. The number of rotatable bonds is 5. The smallest absolute Gasteiger partial charge is 0.241 e. The van der Waals surface area contributed by atoms with Gasteiger partial charge in [0.2, 0.25) is 5.91 Å². The lowest BCUT2D eigenvalue weighted by Gasteiger charge is -2.42. The fourth-order valence-electron chi connectivity index (χ4n) is 3.96. The first-order valence-electron chi connectivity index (χ1n) is 8.76. The van der Waals surface area contributed by atoms with E-state index in [0.717, 1.165) is 38.8 Å². The van der Waals surface area contributed by atoms with Crippen molar-refractivity contribution in [3.8, 4) is 0 Å². The number of piperidine rings is 1. The Hall–Kier alpha value is -0.610. The first-order valence-corrected chi connectivity index (χ1v) is 8.76. The van der Waals surface area contributed by atoms with Crippen LogP contribution in [-0.4, -0.2) is 54.1 Å². The molecule has 2 rings (SSSR count). The van der Waals surface area contributed by atoms with Crippen LogP contribution in [0, 0.1) is 11.8 Å². The molecular formula is C17H33N3O. The second-order valence-corrected chi connectivity index (χ2v) is 7.18. The van der Waals surface area contributed by atoms with Crippen molar-refractivity contribution in [2.75, 3.05) is 20.1 Å². The maximum Gasteiger partial charge on any atom is 0.241 e. The monoisotopic (exact) mass is 295 g/mol. The van der Waals surface area contributed by atoms with E-state index in [1.54, 1.807) is 0 Å². The van der Waals surface area contributed by atoms with Crippen molar-refractivity contribution in [2.24, 2.45) is 11.8 Å². The largest absolute Gasteiger partial charge is 0.322 e. The van der Waals surface area contributed by atoms with Crippen LogP contribution in [0.3, 0.4) is 0 Å². The average molecular weight is 295 g/mol. The van der Waals surface area contributed by atoms with Gasteiger partial charge in [-0.05, 0) is 38.3 Å². The summed E-state index contributed by atoms with van der Waals surface area (Å²) in [5.41, 5.74) is 0. The van der Waals surface area contributed by atoms with Crippen LogP contribution in [0.4, 0.5) is 0 Å². The molecule has 0 aliphatic carbocycles. The minimum atomic E-state index is 0.0263. The molecule has 0 bridgehead atoms. The van der Waals surface area contributed by atoms with Gasteiger partial charge in [0.25, 0.3) is 0 Å². The van der Waals surface area contributed by atoms with Gasteiger partial charge in [-0.2, -0.15) is 0 Å². The van der Waals surface area contributed by atoms with Crippen molar-refractivity contribution in [1.82, 2.24) is 15.1 Å². The molecule has 5 atom stereocenters. The number of amides is 1. The Kier molecular flexibility index (Phi) is 5.67. The van der Waals surface area contributed by atoms with Gasteiger partial charge in [-0.25, -0.2) is 0 Å². The van der Waals surface area contributed by atoms with Crippen LogP contribution >= 0.6 is 0 Å². The average Bonchev–Trinajstić information content (AvgIpc) is 2.76. The molecule has 5 unspecified atom stereocenters. The van der Waals surface area contributed by atoms with Crippen LogP contribution in [0.15, 0.2) is 0 Å². The van der Waals surface area contributed by atoms with Gasteiger partial charge < -0.3 is 9.80 Å². The van der Waals surface area contributed by atoms with Crippen LogP contribution < -0.4 is 5.32 Å². The second-order valence-electron chi connectivity index (χ2n) is 7.18. The van der Waals surface area contributed by atoms with Gasteiger partial charge in [-0.15, -0.1) is 0 Å². The third-order valence-electron chi connectivity index (χ3n) is 5.42. The van der Waals surface area contributed by atoms with E-state index in [0.29, 0.717) is 23.8 Å². The lowest BCUT2D eigenvalue weighted by molar-refractivity contribution is -0.135. The van der Waals surface area contributed by atoms with Crippen LogP contribution in [0.1, 0.15) is 53.4 Å². The van der Waals surface area contributed by atoms with Crippen LogP contribution in [0.5, 0.6) is 0 Å². The third kappa shape index (κ3) is 3.42. The highest BCUT2D eigenvalue weighted by molar-refractivity contribution is 5.85. The first kappa shape index (κ1) is 16.8.